The van der Waals surface area contributed by atoms with Crippen LogP contribution >= 0.6 is 7.92 Å². The van der Waals surface area contributed by atoms with Gasteiger partial charge in [-0.25, -0.2) is 0 Å². The molecule has 0 saturated heterocycles. The van der Waals surface area contributed by atoms with Crippen LogP contribution in [0, 0.1) is 0 Å². The normalized spacial score (nSPS) is 11.5. The predicted molar refractivity (Wildman–Crippen MR) is 122 cm³/mol. The molecule has 0 rings (SSSR count). The monoisotopic (exact) mass is 370 g/mol. The minimum Gasteiger partial charge on any atom is -0.107 e. The maximum absolute atomic E-state index is 2.32. The Morgan fingerprint density at radius 1 is 0.320 bits per heavy atom. The molecular formula is C24H51P. The van der Waals surface area contributed by atoms with E-state index >= 15 is 0 Å². The fourth-order valence-electron chi connectivity index (χ4n) is 3.68. The van der Waals surface area contributed by atoms with Crippen molar-refractivity contribution in [2.75, 3.05) is 18.5 Å². The van der Waals surface area contributed by atoms with E-state index in [2.05, 4.69) is 20.8 Å². The minimum absolute atomic E-state index is 0.367. The molecule has 0 aliphatic heterocycles. The molecule has 25 heavy (non-hydrogen) atoms. The second-order valence-electron chi connectivity index (χ2n) is 8.14. The first-order chi connectivity index (χ1) is 12.3. The minimum atomic E-state index is 0.367. The molecule has 1 heteroatoms. The first kappa shape index (κ1) is 25.4. The Kier molecular flexibility index (Phi) is 22.9. The number of rotatable bonds is 21. The predicted octanol–water partition coefficient (Wildman–Crippen LogP) is 9.55. The lowest BCUT2D eigenvalue weighted by Crippen LogP contribution is -1.97. The third-order valence-corrected chi connectivity index (χ3v) is 8.33. The van der Waals surface area contributed by atoms with Gasteiger partial charge in [0.2, 0.25) is 0 Å². The van der Waals surface area contributed by atoms with Crippen molar-refractivity contribution >= 4 is 7.92 Å². The molecule has 0 N–H and O–H groups in total. The molecule has 0 saturated carbocycles. The Bertz CT molecular complexity index is 212. The first-order valence-electron chi connectivity index (χ1n) is 12.1. The zero-order valence-corrected chi connectivity index (χ0v) is 19.2. The van der Waals surface area contributed by atoms with Crippen LogP contribution in [0.5, 0.6) is 0 Å². The molecule has 0 amide bonds. The third kappa shape index (κ3) is 20.6. The Hall–Kier alpha value is 0.430. The summed E-state index contributed by atoms with van der Waals surface area (Å²) in [7, 11) is 0.367. The molecule has 0 bridgehead atoms. The van der Waals surface area contributed by atoms with Crippen molar-refractivity contribution in [1.82, 2.24) is 0 Å². The first-order valence-corrected chi connectivity index (χ1v) is 14.0. The molecule has 0 aromatic heterocycles. The van der Waals surface area contributed by atoms with Crippen LogP contribution in [0.3, 0.4) is 0 Å². The van der Waals surface area contributed by atoms with Gasteiger partial charge in [0.15, 0.2) is 0 Å². The van der Waals surface area contributed by atoms with E-state index < -0.39 is 0 Å². The molecule has 0 heterocycles. The van der Waals surface area contributed by atoms with Crippen LogP contribution in [0.15, 0.2) is 0 Å². The second kappa shape index (κ2) is 22.5. The van der Waals surface area contributed by atoms with Crippen LogP contribution in [0.2, 0.25) is 0 Å². The summed E-state index contributed by atoms with van der Waals surface area (Å²) in [6.07, 6.45) is 31.2. The highest BCUT2D eigenvalue weighted by Crippen LogP contribution is 2.39. The SMILES string of the molecule is CCCCCCCCCCP(CCCCCCC)CCCCCCC. The largest absolute Gasteiger partial charge is 0.107 e. The topological polar surface area (TPSA) is 0 Å². The lowest BCUT2D eigenvalue weighted by molar-refractivity contribution is 0.585. The average Bonchev–Trinajstić information content (AvgIpc) is 2.62. The average molecular weight is 371 g/mol. The molecule has 0 unspecified atom stereocenters. The van der Waals surface area contributed by atoms with Crippen molar-refractivity contribution in [1.29, 1.82) is 0 Å². The standard InChI is InChI=1S/C24H51P/c1-4-7-10-13-14-15-18-21-24-25(22-19-16-11-8-5-2)23-20-17-12-9-6-3/h4-24H2,1-3H3. The van der Waals surface area contributed by atoms with Gasteiger partial charge in [-0.15, -0.1) is 7.92 Å². The fourth-order valence-corrected chi connectivity index (χ4v) is 6.37. The molecule has 0 atom stereocenters. The summed E-state index contributed by atoms with van der Waals surface area (Å²) >= 11 is 0. The quantitative estimate of drug-likeness (QED) is 0.139. The van der Waals surface area contributed by atoms with E-state index in [4.69, 9.17) is 0 Å². The van der Waals surface area contributed by atoms with E-state index in [-0.39, 0.29) is 0 Å². The van der Waals surface area contributed by atoms with E-state index in [9.17, 15) is 0 Å². The van der Waals surface area contributed by atoms with Crippen molar-refractivity contribution in [2.45, 2.75) is 136 Å². The molecule has 0 fully saturated rings. The maximum Gasteiger partial charge on any atom is -0.0326 e. The summed E-state index contributed by atoms with van der Waals surface area (Å²) < 4.78 is 0. The fraction of sp³-hybridized carbons (Fsp3) is 1.00. The van der Waals surface area contributed by atoms with Gasteiger partial charge in [-0.1, -0.05) is 117 Å². The second-order valence-corrected chi connectivity index (χ2v) is 10.8. The van der Waals surface area contributed by atoms with Crippen LogP contribution < -0.4 is 0 Å². The maximum atomic E-state index is 2.32. The number of hydrogen-bond donors (Lipinski definition) is 0. The van der Waals surface area contributed by atoms with Crippen molar-refractivity contribution in [3.8, 4) is 0 Å². The van der Waals surface area contributed by atoms with Crippen LogP contribution in [0.1, 0.15) is 136 Å². The van der Waals surface area contributed by atoms with Gasteiger partial charge in [-0.2, -0.15) is 0 Å². The lowest BCUT2D eigenvalue weighted by atomic mass is 10.1. The van der Waals surface area contributed by atoms with Crippen LogP contribution in [-0.4, -0.2) is 18.5 Å². The smallest absolute Gasteiger partial charge is 0.0326 e. The molecule has 152 valence electrons. The van der Waals surface area contributed by atoms with Gasteiger partial charge in [0.05, 0.1) is 0 Å². The van der Waals surface area contributed by atoms with E-state index in [1.807, 2.05) is 0 Å². The Morgan fingerprint density at radius 2 is 0.560 bits per heavy atom. The van der Waals surface area contributed by atoms with E-state index in [1.54, 1.807) is 18.5 Å². The zero-order valence-electron chi connectivity index (χ0n) is 18.3. The van der Waals surface area contributed by atoms with Gasteiger partial charge in [-0.3, -0.25) is 0 Å². The van der Waals surface area contributed by atoms with Gasteiger partial charge in [0.25, 0.3) is 0 Å². The van der Waals surface area contributed by atoms with Crippen molar-refractivity contribution in [3.05, 3.63) is 0 Å². The van der Waals surface area contributed by atoms with Gasteiger partial charge in [0.1, 0.15) is 0 Å². The Morgan fingerprint density at radius 3 is 0.840 bits per heavy atom. The molecule has 0 aromatic rings. The van der Waals surface area contributed by atoms with E-state index in [0.29, 0.717) is 7.92 Å². The highest BCUT2D eigenvalue weighted by molar-refractivity contribution is 7.57. The van der Waals surface area contributed by atoms with Crippen molar-refractivity contribution in [3.63, 3.8) is 0 Å². The summed E-state index contributed by atoms with van der Waals surface area (Å²) in [5.41, 5.74) is 0. The molecule has 0 nitrogen and oxygen atoms in total. The zero-order chi connectivity index (χ0) is 18.4. The number of hydrogen-bond acceptors (Lipinski definition) is 0. The van der Waals surface area contributed by atoms with Gasteiger partial charge >= 0.3 is 0 Å². The summed E-state index contributed by atoms with van der Waals surface area (Å²) in [5.74, 6) is 0. The molecular weight excluding hydrogens is 319 g/mol. The Labute approximate surface area is 163 Å². The highest BCUT2D eigenvalue weighted by Gasteiger charge is 2.07. The summed E-state index contributed by atoms with van der Waals surface area (Å²) in [4.78, 5) is 0. The molecule has 0 spiro atoms. The summed E-state index contributed by atoms with van der Waals surface area (Å²) in [6.45, 7) is 6.96. The molecule has 0 aliphatic rings. The molecule has 0 aliphatic carbocycles. The van der Waals surface area contributed by atoms with E-state index in [1.165, 1.54) is 116 Å². The van der Waals surface area contributed by atoms with E-state index in [0.717, 1.165) is 0 Å². The summed E-state index contributed by atoms with van der Waals surface area (Å²) in [5, 5.41) is 0. The van der Waals surface area contributed by atoms with Gasteiger partial charge in [0, 0.05) is 0 Å². The van der Waals surface area contributed by atoms with Crippen molar-refractivity contribution < 1.29 is 0 Å². The van der Waals surface area contributed by atoms with Crippen molar-refractivity contribution in [2.24, 2.45) is 0 Å². The van der Waals surface area contributed by atoms with Crippen LogP contribution in [0.25, 0.3) is 0 Å². The molecule has 0 radical (unpaired) electrons. The Balaban J connectivity index is 3.71. The van der Waals surface area contributed by atoms with Gasteiger partial charge < -0.3 is 0 Å². The highest BCUT2D eigenvalue weighted by atomic mass is 31.1. The lowest BCUT2D eigenvalue weighted by Gasteiger charge is -2.18. The third-order valence-electron chi connectivity index (χ3n) is 5.48. The van der Waals surface area contributed by atoms with Crippen LogP contribution in [0.4, 0.5) is 0 Å². The van der Waals surface area contributed by atoms with Gasteiger partial charge in [-0.05, 0) is 37.7 Å². The summed E-state index contributed by atoms with van der Waals surface area (Å²) in [6, 6.07) is 0. The number of unbranched alkanes of at least 4 members (excludes halogenated alkanes) is 15. The van der Waals surface area contributed by atoms with Crippen LogP contribution in [-0.2, 0) is 0 Å². The molecule has 0 aromatic carbocycles.